The number of nitrogens with two attached hydrogens (primary N) is 1. The Kier molecular flexibility index (Phi) is 4.66. The van der Waals surface area contributed by atoms with Crippen LogP contribution in [0.3, 0.4) is 0 Å². The molecule has 1 aromatic rings. The monoisotopic (exact) mass is 299 g/mol. The molecule has 0 spiro atoms. The molecule has 21 heavy (non-hydrogen) atoms. The third-order valence-electron chi connectivity index (χ3n) is 4.88. The van der Waals surface area contributed by atoms with Crippen LogP contribution in [0.2, 0.25) is 0 Å². The summed E-state index contributed by atoms with van der Waals surface area (Å²) >= 11 is 0. The Balaban J connectivity index is 2.28. The SMILES string of the molecule is Cc1cc(C(F)(F)F)ccc1C1CC(C(C)C)CCC1N. The normalized spacial score (nSPS) is 27.1. The zero-order valence-corrected chi connectivity index (χ0v) is 12.9. The average Bonchev–Trinajstić information content (AvgIpc) is 2.38. The molecular weight excluding hydrogens is 275 g/mol. The fraction of sp³-hybridized carbons (Fsp3) is 0.647. The van der Waals surface area contributed by atoms with Crippen LogP contribution < -0.4 is 5.73 Å². The zero-order chi connectivity index (χ0) is 15.8. The summed E-state index contributed by atoms with van der Waals surface area (Å²) in [6.45, 7) is 6.17. The largest absolute Gasteiger partial charge is 0.416 e. The fourth-order valence-corrected chi connectivity index (χ4v) is 3.46. The fourth-order valence-electron chi connectivity index (χ4n) is 3.46. The molecule has 2 N–H and O–H groups in total. The molecule has 1 saturated carbocycles. The van der Waals surface area contributed by atoms with E-state index in [1.54, 1.807) is 13.0 Å². The Morgan fingerprint density at radius 1 is 1.19 bits per heavy atom. The molecule has 1 aliphatic rings. The molecule has 0 radical (unpaired) electrons. The number of halogens is 3. The summed E-state index contributed by atoms with van der Waals surface area (Å²) in [6.07, 6.45) is -1.23. The molecule has 4 heteroatoms. The Bertz CT molecular complexity index is 493. The van der Waals surface area contributed by atoms with Gasteiger partial charge >= 0.3 is 6.18 Å². The van der Waals surface area contributed by atoms with Gasteiger partial charge in [0, 0.05) is 6.04 Å². The highest BCUT2D eigenvalue weighted by molar-refractivity contribution is 5.36. The van der Waals surface area contributed by atoms with Gasteiger partial charge in [0.2, 0.25) is 0 Å². The summed E-state index contributed by atoms with van der Waals surface area (Å²) in [7, 11) is 0. The second-order valence-electron chi connectivity index (χ2n) is 6.66. The van der Waals surface area contributed by atoms with E-state index in [-0.39, 0.29) is 12.0 Å². The Morgan fingerprint density at radius 2 is 1.86 bits per heavy atom. The van der Waals surface area contributed by atoms with Gasteiger partial charge in [-0.25, -0.2) is 0 Å². The van der Waals surface area contributed by atoms with Gasteiger partial charge in [0.15, 0.2) is 0 Å². The average molecular weight is 299 g/mol. The third-order valence-corrected chi connectivity index (χ3v) is 4.88. The van der Waals surface area contributed by atoms with E-state index in [0.29, 0.717) is 17.4 Å². The van der Waals surface area contributed by atoms with Crippen LogP contribution in [0.5, 0.6) is 0 Å². The molecule has 2 rings (SSSR count). The smallest absolute Gasteiger partial charge is 0.327 e. The minimum Gasteiger partial charge on any atom is -0.327 e. The molecule has 0 saturated heterocycles. The van der Waals surface area contributed by atoms with Gasteiger partial charge in [-0.15, -0.1) is 0 Å². The second kappa shape index (κ2) is 5.99. The Labute approximate surface area is 124 Å². The van der Waals surface area contributed by atoms with Gasteiger partial charge in [-0.2, -0.15) is 13.2 Å². The van der Waals surface area contributed by atoms with Crippen molar-refractivity contribution in [1.29, 1.82) is 0 Å². The van der Waals surface area contributed by atoms with E-state index in [9.17, 15) is 13.2 Å². The summed E-state index contributed by atoms with van der Waals surface area (Å²) in [5, 5.41) is 0. The molecule has 1 fully saturated rings. The highest BCUT2D eigenvalue weighted by atomic mass is 19.4. The van der Waals surface area contributed by atoms with Crippen molar-refractivity contribution in [2.24, 2.45) is 17.6 Å². The zero-order valence-electron chi connectivity index (χ0n) is 12.9. The maximum absolute atomic E-state index is 12.8. The van der Waals surface area contributed by atoms with E-state index in [2.05, 4.69) is 13.8 Å². The van der Waals surface area contributed by atoms with Crippen LogP contribution in [0.4, 0.5) is 13.2 Å². The van der Waals surface area contributed by atoms with Crippen LogP contribution in [0, 0.1) is 18.8 Å². The third kappa shape index (κ3) is 3.60. The van der Waals surface area contributed by atoms with E-state index < -0.39 is 11.7 Å². The summed E-state index contributed by atoms with van der Waals surface area (Å²) in [5.41, 5.74) is 7.36. The first-order valence-corrected chi connectivity index (χ1v) is 7.63. The van der Waals surface area contributed by atoms with Gasteiger partial charge in [0.25, 0.3) is 0 Å². The van der Waals surface area contributed by atoms with Crippen molar-refractivity contribution >= 4 is 0 Å². The molecule has 3 unspecified atom stereocenters. The van der Waals surface area contributed by atoms with Crippen LogP contribution >= 0.6 is 0 Å². The molecule has 118 valence electrons. The predicted molar refractivity (Wildman–Crippen MR) is 79.1 cm³/mol. The Morgan fingerprint density at radius 3 is 2.38 bits per heavy atom. The predicted octanol–water partition coefficient (Wildman–Crippen LogP) is 4.88. The van der Waals surface area contributed by atoms with Gasteiger partial charge < -0.3 is 5.73 Å². The molecule has 1 aliphatic carbocycles. The van der Waals surface area contributed by atoms with E-state index in [1.807, 2.05) is 0 Å². The molecule has 0 aliphatic heterocycles. The number of alkyl halides is 3. The van der Waals surface area contributed by atoms with Crippen molar-refractivity contribution in [3.05, 3.63) is 34.9 Å². The van der Waals surface area contributed by atoms with Gasteiger partial charge in [-0.05, 0) is 67.2 Å². The van der Waals surface area contributed by atoms with Crippen LogP contribution in [0.1, 0.15) is 55.7 Å². The summed E-state index contributed by atoms with van der Waals surface area (Å²) in [6, 6.07) is 4.12. The quantitative estimate of drug-likeness (QED) is 0.827. The van der Waals surface area contributed by atoms with Gasteiger partial charge in [0.1, 0.15) is 0 Å². The van der Waals surface area contributed by atoms with Gasteiger partial charge in [-0.3, -0.25) is 0 Å². The molecule has 0 bridgehead atoms. The lowest BCUT2D eigenvalue weighted by molar-refractivity contribution is -0.137. The number of hydrogen-bond donors (Lipinski definition) is 1. The summed E-state index contributed by atoms with van der Waals surface area (Å²) in [5.74, 6) is 1.37. The first-order valence-electron chi connectivity index (χ1n) is 7.63. The number of benzene rings is 1. The molecule has 0 aromatic heterocycles. The number of rotatable bonds is 2. The van der Waals surface area contributed by atoms with E-state index in [1.165, 1.54) is 12.1 Å². The minimum absolute atomic E-state index is 0.0513. The molecule has 3 atom stereocenters. The second-order valence-corrected chi connectivity index (χ2v) is 6.66. The highest BCUT2D eigenvalue weighted by Gasteiger charge is 2.34. The molecule has 0 heterocycles. The Hall–Kier alpha value is -1.03. The van der Waals surface area contributed by atoms with Crippen molar-refractivity contribution in [1.82, 2.24) is 0 Å². The van der Waals surface area contributed by atoms with Crippen LogP contribution in [0.25, 0.3) is 0 Å². The van der Waals surface area contributed by atoms with Crippen LogP contribution in [-0.2, 0) is 6.18 Å². The van der Waals surface area contributed by atoms with Gasteiger partial charge in [0.05, 0.1) is 5.56 Å². The topological polar surface area (TPSA) is 26.0 Å². The van der Waals surface area contributed by atoms with Crippen molar-refractivity contribution in [2.45, 2.75) is 58.2 Å². The number of aryl methyl sites for hydroxylation is 1. The summed E-state index contributed by atoms with van der Waals surface area (Å²) in [4.78, 5) is 0. The van der Waals surface area contributed by atoms with Crippen molar-refractivity contribution in [2.75, 3.05) is 0 Å². The lowest BCUT2D eigenvalue weighted by atomic mass is 9.70. The highest BCUT2D eigenvalue weighted by Crippen LogP contribution is 2.41. The van der Waals surface area contributed by atoms with Crippen molar-refractivity contribution in [3.63, 3.8) is 0 Å². The van der Waals surface area contributed by atoms with E-state index >= 15 is 0 Å². The first-order chi connectivity index (χ1) is 9.70. The lowest BCUT2D eigenvalue weighted by Crippen LogP contribution is -2.36. The van der Waals surface area contributed by atoms with Crippen molar-refractivity contribution < 1.29 is 13.2 Å². The molecule has 1 nitrogen and oxygen atoms in total. The van der Waals surface area contributed by atoms with Crippen LogP contribution in [-0.4, -0.2) is 6.04 Å². The maximum atomic E-state index is 12.8. The molecule has 1 aromatic carbocycles. The van der Waals surface area contributed by atoms with E-state index in [4.69, 9.17) is 5.73 Å². The maximum Gasteiger partial charge on any atom is 0.416 e. The first kappa shape index (κ1) is 16.3. The van der Waals surface area contributed by atoms with Crippen LogP contribution in [0.15, 0.2) is 18.2 Å². The standard InChI is InChI=1S/C17H24F3N/c1-10(2)12-4-7-16(21)15(9-12)14-6-5-13(8-11(14)3)17(18,19)20/h5-6,8,10,12,15-16H,4,7,9,21H2,1-3H3. The van der Waals surface area contributed by atoms with Crippen molar-refractivity contribution in [3.8, 4) is 0 Å². The lowest BCUT2D eigenvalue weighted by Gasteiger charge is -2.37. The molecular formula is C17H24F3N. The molecule has 0 amide bonds. The minimum atomic E-state index is -4.28. The summed E-state index contributed by atoms with van der Waals surface area (Å²) < 4.78 is 38.3. The van der Waals surface area contributed by atoms with Gasteiger partial charge in [-0.1, -0.05) is 19.9 Å². The van der Waals surface area contributed by atoms with E-state index in [0.717, 1.165) is 24.8 Å². The number of hydrogen-bond acceptors (Lipinski definition) is 1.